The fourth-order valence-electron chi connectivity index (χ4n) is 2.12. The van der Waals surface area contributed by atoms with Crippen LogP contribution < -0.4 is 5.73 Å². The molecule has 5 heteroatoms. The third-order valence-corrected chi connectivity index (χ3v) is 4.11. The fourth-order valence-corrected chi connectivity index (χ4v) is 2.68. The summed E-state index contributed by atoms with van der Waals surface area (Å²) in [5.41, 5.74) is 8.38. The molecule has 1 aromatic carbocycles. The van der Waals surface area contributed by atoms with E-state index in [1.165, 1.54) is 24.7 Å². The van der Waals surface area contributed by atoms with Gasteiger partial charge in [0.2, 0.25) is 0 Å². The van der Waals surface area contributed by atoms with Crippen LogP contribution in [-0.4, -0.2) is 21.3 Å². The van der Waals surface area contributed by atoms with Crippen molar-refractivity contribution in [2.75, 3.05) is 6.54 Å². The number of halogens is 1. The van der Waals surface area contributed by atoms with Gasteiger partial charge in [0.15, 0.2) is 0 Å². The quantitative estimate of drug-likeness (QED) is 0.942. The summed E-state index contributed by atoms with van der Waals surface area (Å²) in [6, 6.07) is 6.35. The van der Waals surface area contributed by atoms with Crippen molar-refractivity contribution in [3.05, 3.63) is 40.9 Å². The van der Waals surface area contributed by atoms with Crippen LogP contribution in [0.4, 0.5) is 0 Å². The highest BCUT2D eigenvalue weighted by Gasteiger charge is 2.42. The van der Waals surface area contributed by atoms with Gasteiger partial charge in [0.25, 0.3) is 0 Å². The van der Waals surface area contributed by atoms with Crippen LogP contribution in [0.15, 0.2) is 35.3 Å². The molecule has 0 unspecified atom stereocenters. The predicted octanol–water partition coefficient (Wildman–Crippen LogP) is 2.02. The summed E-state index contributed by atoms with van der Waals surface area (Å²) in [6.07, 6.45) is 5.61. The SMILES string of the molecule is NCC1(c2ccc(-n3cncn3)c(Br)c2)CC1. The summed E-state index contributed by atoms with van der Waals surface area (Å²) in [7, 11) is 0. The molecule has 0 saturated heterocycles. The Labute approximate surface area is 108 Å². The van der Waals surface area contributed by atoms with Crippen molar-refractivity contribution in [3.8, 4) is 5.69 Å². The van der Waals surface area contributed by atoms with Gasteiger partial charge in [-0.1, -0.05) is 6.07 Å². The molecular formula is C12H13BrN4. The molecule has 4 nitrogen and oxygen atoms in total. The number of hydrogen-bond donors (Lipinski definition) is 1. The molecule has 2 aromatic rings. The molecule has 1 saturated carbocycles. The van der Waals surface area contributed by atoms with Gasteiger partial charge in [-0.05, 0) is 46.5 Å². The number of nitrogens with two attached hydrogens (primary N) is 1. The summed E-state index contributed by atoms with van der Waals surface area (Å²) in [6.45, 7) is 0.724. The van der Waals surface area contributed by atoms with E-state index in [1.54, 1.807) is 11.0 Å². The molecule has 3 rings (SSSR count). The Morgan fingerprint density at radius 2 is 2.24 bits per heavy atom. The van der Waals surface area contributed by atoms with Crippen molar-refractivity contribution in [1.29, 1.82) is 0 Å². The number of nitrogens with zero attached hydrogens (tertiary/aromatic N) is 3. The number of rotatable bonds is 3. The van der Waals surface area contributed by atoms with Crippen molar-refractivity contribution in [1.82, 2.24) is 14.8 Å². The van der Waals surface area contributed by atoms with Crippen LogP contribution in [-0.2, 0) is 5.41 Å². The average molecular weight is 293 g/mol. The first-order valence-electron chi connectivity index (χ1n) is 5.60. The Morgan fingerprint density at radius 1 is 1.41 bits per heavy atom. The molecule has 0 amide bonds. The zero-order chi connectivity index (χ0) is 11.9. The van der Waals surface area contributed by atoms with E-state index in [9.17, 15) is 0 Å². The number of aromatic nitrogens is 3. The minimum absolute atomic E-state index is 0.226. The van der Waals surface area contributed by atoms with Crippen LogP contribution in [0.2, 0.25) is 0 Å². The molecule has 0 spiro atoms. The van der Waals surface area contributed by atoms with Gasteiger partial charge in [0, 0.05) is 16.4 Å². The largest absolute Gasteiger partial charge is 0.330 e. The second kappa shape index (κ2) is 3.92. The lowest BCUT2D eigenvalue weighted by molar-refractivity contribution is 0.703. The maximum absolute atomic E-state index is 5.84. The summed E-state index contributed by atoms with van der Waals surface area (Å²) in [5, 5.41) is 4.13. The highest BCUT2D eigenvalue weighted by atomic mass is 79.9. The van der Waals surface area contributed by atoms with Gasteiger partial charge in [-0.25, -0.2) is 9.67 Å². The molecule has 17 heavy (non-hydrogen) atoms. The second-order valence-corrected chi connectivity index (χ2v) is 5.35. The molecule has 1 aliphatic carbocycles. The predicted molar refractivity (Wildman–Crippen MR) is 69.0 cm³/mol. The number of benzene rings is 1. The Morgan fingerprint density at radius 3 is 2.76 bits per heavy atom. The van der Waals surface area contributed by atoms with E-state index < -0.39 is 0 Å². The van der Waals surface area contributed by atoms with Gasteiger partial charge in [-0.2, -0.15) is 5.10 Å². The van der Waals surface area contributed by atoms with E-state index in [0.29, 0.717) is 0 Å². The smallest absolute Gasteiger partial charge is 0.138 e. The van der Waals surface area contributed by atoms with Crippen LogP contribution in [0.25, 0.3) is 5.69 Å². The van der Waals surface area contributed by atoms with Gasteiger partial charge in [-0.3, -0.25) is 0 Å². The lowest BCUT2D eigenvalue weighted by Gasteiger charge is -2.14. The fraction of sp³-hybridized carbons (Fsp3) is 0.333. The minimum atomic E-state index is 0.226. The summed E-state index contributed by atoms with van der Waals surface area (Å²) < 4.78 is 2.77. The molecule has 2 N–H and O–H groups in total. The Bertz CT molecular complexity index is 531. The van der Waals surface area contributed by atoms with Crippen molar-refractivity contribution in [2.24, 2.45) is 5.73 Å². The lowest BCUT2D eigenvalue weighted by atomic mass is 9.96. The molecule has 1 aliphatic rings. The first kappa shape index (κ1) is 10.9. The molecule has 0 aliphatic heterocycles. The topological polar surface area (TPSA) is 56.7 Å². The maximum Gasteiger partial charge on any atom is 0.138 e. The summed E-state index contributed by atoms with van der Waals surface area (Å²) in [5.74, 6) is 0. The first-order valence-corrected chi connectivity index (χ1v) is 6.40. The van der Waals surface area contributed by atoms with Crippen LogP contribution in [0, 0.1) is 0 Å². The van der Waals surface area contributed by atoms with E-state index in [4.69, 9.17) is 5.73 Å². The Kier molecular flexibility index (Phi) is 2.52. The van der Waals surface area contributed by atoms with E-state index in [1.807, 2.05) is 0 Å². The summed E-state index contributed by atoms with van der Waals surface area (Å²) >= 11 is 3.59. The molecule has 1 fully saturated rings. The molecule has 88 valence electrons. The summed E-state index contributed by atoms with van der Waals surface area (Å²) in [4.78, 5) is 3.95. The van der Waals surface area contributed by atoms with Crippen LogP contribution in [0.5, 0.6) is 0 Å². The van der Waals surface area contributed by atoms with E-state index in [2.05, 4.69) is 44.2 Å². The second-order valence-electron chi connectivity index (χ2n) is 4.49. The highest BCUT2D eigenvalue weighted by molar-refractivity contribution is 9.10. The maximum atomic E-state index is 5.84. The van der Waals surface area contributed by atoms with Crippen molar-refractivity contribution in [3.63, 3.8) is 0 Å². The third-order valence-electron chi connectivity index (χ3n) is 3.47. The van der Waals surface area contributed by atoms with E-state index in [-0.39, 0.29) is 5.41 Å². The number of hydrogen-bond acceptors (Lipinski definition) is 3. The normalized spacial score (nSPS) is 17.1. The minimum Gasteiger partial charge on any atom is -0.330 e. The monoisotopic (exact) mass is 292 g/mol. The standard InChI is InChI=1S/C12H13BrN4/c13-10-5-9(12(6-14)3-4-12)1-2-11(10)17-8-15-7-16-17/h1-2,5,7-8H,3-4,6,14H2. The van der Waals surface area contributed by atoms with Gasteiger partial charge in [0.1, 0.15) is 12.7 Å². The third kappa shape index (κ3) is 1.79. The first-order chi connectivity index (χ1) is 8.25. The zero-order valence-corrected chi connectivity index (χ0v) is 10.9. The molecular weight excluding hydrogens is 280 g/mol. The molecule has 0 radical (unpaired) electrons. The molecule has 0 atom stereocenters. The van der Waals surface area contributed by atoms with Crippen molar-refractivity contribution >= 4 is 15.9 Å². The van der Waals surface area contributed by atoms with Crippen molar-refractivity contribution < 1.29 is 0 Å². The molecule has 1 heterocycles. The highest BCUT2D eigenvalue weighted by Crippen LogP contribution is 2.48. The van der Waals surface area contributed by atoms with Gasteiger partial charge in [0.05, 0.1) is 5.69 Å². The van der Waals surface area contributed by atoms with Crippen molar-refractivity contribution in [2.45, 2.75) is 18.3 Å². The Balaban J connectivity index is 2.00. The Hall–Kier alpha value is -1.20. The van der Waals surface area contributed by atoms with E-state index >= 15 is 0 Å². The van der Waals surface area contributed by atoms with Crippen LogP contribution in [0.1, 0.15) is 18.4 Å². The zero-order valence-electron chi connectivity index (χ0n) is 9.31. The van der Waals surface area contributed by atoms with Gasteiger partial charge >= 0.3 is 0 Å². The van der Waals surface area contributed by atoms with Crippen LogP contribution >= 0.6 is 15.9 Å². The molecule has 1 aromatic heterocycles. The van der Waals surface area contributed by atoms with Gasteiger partial charge < -0.3 is 5.73 Å². The van der Waals surface area contributed by atoms with Gasteiger partial charge in [-0.15, -0.1) is 0 Å². The van der Waals surface area contributed by atoms with E-state index in [0.717, 1.165) is 16.7 Å². The molecule has 0 bridgehead atoms. The lowest BCUT2D eigenvalue weighted by Crippen LogP contribution is -2.19. The average Bonchev–Trinajstić information content (AvgIpc) is 2.97. The van der Waals surface area contributed by atoms with Crippen LogP contribution in [0.3, 0.4) is 0 Å².